The van der Waals surface area contributed by atoms with Crippen molar-refractivity contribution in [3.63, 3.8) is 0 Å². The Bertz CT molecular complexity index is 363. The molecule has 0 bridgehead atoms. The Morgan fingerprint density at radius 2 is 1.93 bits per heavy atom. The van der Waals surface area contributed by atoms with Gasteiger partial charge in [0.25, 0.3) is 0 Å². The zero-order valence-corrected chi connectivity index (χ0v) is 7.64. The summed E-state index contributed by atoms with van der Waals surface area (Å²) in [5.41, 5.74) is -0.0942. The molecule has 0 unspecified atom stereocenters. The van der Waals surface area contributed by atoms with E-state index in [4.69, 9.17) is 0 Å². The third-order valence-electron chi connectivity index (χ3n) is 1.64. The van der Waals surface area contributed by atoms with Crippen LogP contribution in [-0.4, -0.2) is 20.2 Å². The summed E-state index contributed by atoms with van der Waals surface area (Å²) in [6, 6.07) is 1.83. The predicted molar refractivity (Wildman–Crippen MR) is 44.2 cm³/mol. The first-order chi connectivity index (χ1) is 6.60. The summed E-state index contributed by atoms with van der Waals surface area (Å²) < 4.78 is 34.6. The first-order valence-corrected chi connectivity index (χ1v) is 3.71. The van der Waals surface area contributed by atoms with Gasteiger partial charge in [-0.1, -0.05) is 0 Å². The third-order valence-corrected chi connectivity index (χ3v) is 1.64. The largest absolute Gasteiger partial charge is 0.494 e. The fourth-order valence-electron chi connectivity index (χ4n) is 0.948. The fraction of sp³-hybridized carbons (Fsp3) is 0.222. The summed E-state index contributed by atoms with van der Waals surface area (Å²) in [5, 5.41) is 0. The Balaban J connectivity index is 3.22. The molecular formula is C9H8F2O3. The highest BCUT2D eigenvalue weighted by Crippen LogP contribution is 2.22. The van der Waals surface area contributed by atoms with Crippen molar-refractivity contribution >= 4 is 5.97 Å². The number of hydrogen-bond acceptors (Lipinski definition) is 3. The van der Waals surface area contributed by atoms with E-state index in [1.165, 1.54) is 7.11 Å². The van der Waals surface area contributed by atoms with E-state index in [2.05, 4.69) is 9.47 Å². The minimum absolute atomic E-state index is 0.0942. The fourth-order valence-corrected chi connectivity index (χ4v) is 0.948. The Hall–Kier alpha value is -1.65. The average molecular weight is 202 g/mol. The van der Waals surface area contributed by atoms with Crippen molar-refractivity contribution in [1.82, 2.24) is 0 Å². The van der Waals surface area contributed by atoms with E-state index in [1.54, 1.807) is 0 Å². The third kappa shape index (κ3) is 1.81. The van der Waals surface area contributed by atoms with Crippen LogP contribution in [0.2, 0.25) is 0 Å². The average Bonchev–Trinajstić information content (AvgIpc) is 2.20. The van der Waals surface area contributed by atoms with Gasteiger partial charge in [0, 0.05) is 0 Å². The maximum atomic E-state index is 12.9. The lowest BCUT2D eigenvalue weighted by Crippen LogP contribution is -2.04. The summed E-state index contributed by atoms with van der Waals surface area (Å²) in [4.78, 5) is 11.0. The molecule has 76 valence electrons. The Morgan fingerprint density at radius 1 is 1.29 bits per heavy atom. The van der Waals surface area contributed by atoms with Gasteiger partial charge in [0.1, 0.15) is 0 Å². The van der Waals surface area contributed by atoms with E-state index >= 15 is 0 Å². The van der Waals surface area contributed by atoms with Crippen LogP contribution in [0.1, 0.15) is 10.4 Å². The molecule has 0 amide bonds. The topological polar surface area (TPSA) is 35.5 Å². The molecule has 1 aromatic rings. The number of halogens is 2. The highest BCUT2D eigenvalue weighted by atomic mass is 19.2. The lowest BCUT2D eigenvalue weighted by Gasteiger charge is -2.05. The zero-order chi connectivity index (χ0) is 10.7. The van der Waals surface area contributed by atoms with Crippen molar-refractivity contribution in [2.75, 3.05) is 14.2 Å². The van der Waals surface area contributed by atoms with Gasteiger partial charge in [0.05, 0.1) is 19.8 Å². The molecule has 3 nitrogen and oxygen atoms in total. The molecule has 1 rings (SSSR count). The number of benzene rings is 1. The summed E-state index contributed by atoms with van der Waals surface area (Å²) in [7, 11) is 2.33. The predicted octanol–water partition coefficient (Wildman–Crippen LogP) is 1.76. The standard InChI is InChI=1S/C9H8F2O3/c1-13-7-4-5(9(12)14-2)3-6(10)8(7)11/h3-4H,1-2H3. The zero-order valence-electron chi connectivity index (χ0n) is 7.64. The molecule has 0 aliphatic rings. The molecule has 0 N–H and O–H groups in total. The van der Waals surface area contributed by atoms with Gasteiger partial charge in [-0.3, -0.25) is 0 Å². The van der Waals surface area contributed by atoms with Gasteiger partial charge in [-0.25, -0.2) is 9.18 Å². The molecule has 5 heteroatoms. The molecule has 0 spiro atoms. The van der Waals surface area contributed by atoms with Gasteiger partial charge >= 0.3 is 5.97 Å². The number of carbonyl (C=O) groups excluding carboxylic acids is 1. The normalized spacial score (nSPS) is 9.71. The van der Waals surface area contributed by atoms with E-state index in [1.807, 2.05) is 0 Å². The Kier molecular flexibility index (Phi) is 3.01. The molecule has 1 aromatic carbocycles. The Morgan fingerprint density at radius 3 is 2.43 bits per heavy atom. The van der Waals surface area contributed by atoms with Crippen LogP contribution in [0.3, 0.4) is 0 Å². The quantitative estimate of drug-likeness (QED) is 0.685. The van der Waals surface area contributed by atoms with Crippen molar-refractivity contribution in [2.24, 2.45) is 0 Å². The lowest BCUT2D eigenvalue weighted by molar-refractivity contribution is 0.0599. The molecule has 0 aliphatic carbocycles. The number of rotatable bonds is 2. The molecule has 0 saturated heterocycles. The molecule has 14 heavy (non-hydrogen) atoms. The van der Waals surface area contributed by atoms with Crippen LogP contribution < -0.4 is 4.74 Å². The number of hydrogen-bond donors (Lipinski definition) is 0. The van der Waals surface area contributed by atoms with Crippen molar-refractivity contribution in [1.29, 1.82) is 0 Å². The second kappa shape index (κ2) is 4.04. The van der Waals surface area contributed by atoms with Crippen LogP contribution in [0.5, 0.6) is 5.75 Å². The van der Waals surface area contributed by atoms with Gasteiger partial charge in [-0.15, -0.1) is 0 Å². The molecule has 0 fully saturated rings. The number of esters is 1. The smallest absolute Gasteiger partial charge is 0.338 e. The second-order valence-electron chi connectivity index (χ2n) is 2.47. The summed E-state index contributed by atoms with van der Waals surface area (Å²) in [5.74, 6) is -3.35. The van der Waals surface area contributed by atoms with Gasteiger partial charge in [0.2, 0.25) is 5.82 Å². The maximum absolute atomic E-state index is 12.9. The molecular weight excluding hydrogens is 194 g/mol. The van der Waals surface area contributed by atoms with Crippen molar-refractivity contribution in [2.45, 2.75) is 0 Å². The molecule has 0 aliphatic heterocycles. The lowest BCUT2D eigenvalue weighted by atomic mass is 10.2. The molecule has 0 aromatic heterocycles. The Labute approximate surface area is 79.2 Å². The maximum Gasteiger partial charge on any atom is 0.338 e. The highest BCUT2D eigenvalue weighted by molar-refractivity contribution is 5.89. The monoisotopic (exact) mass is 202 g/mol. The number of methoxy groups -OCH3 is 2. The van der Waals surface area contributed by atoms with Crippen LogP contribution in [0, 0.1) is 11.6 Å². The van der Waals surface area contributed by atoms with Crippen molar-refractivity contribution in [3.8, 4) is 5.75 Å². The van der Waals surface area contributed by atoms with Crippen LogP contribution in [0.4, 0.5) is 8.78 Å². The number of ether oxygens (including phenoxy) is 2. The van der Waals surface area contributed by atoms with Crippen molar-refractivity contribution in [3.05, 3.63) is 29.3 Å². The van der Waals surface area contributed by atoms with E-state index < -0.39 is 17.6 Å². The number of carbonyl (C=O) groups is 1. The van der Waals surface area contributed by atoms with Gasteiger partial charge < -0.3 is 9.47 Å². The van der Waals surface area contributed by atoms with Gasteiger partial charge in [-0.2, -0.15) is 4.39 Å². The van der Waals surface area contributed by atoms with E-state index in [-0.39, 0.29) is 11.3 Å². The van der Waals surface area contributed by atoms with Crippen LogP contribution in [0.15, 0.2) is 12.1 Å². The van der Waals surface area contributed by atoms with Crippen LogP contribution >= 0.6 is 0 Å². The summed E-state index contributed by atoms with van der Waals surface area (Å²) in [6.45, 7) is 0. The van der Waals surface area contributed by atoms with Gasteiger partial charge in [0.15, 0.2) is 11.6 Å². The van der Waals surface area contributed by atoms with E-state index in [9.17, 15) is 13.6 Å². The second-order valence-corrected chi connectivity index (χ2v) is 2.47. The molecule has 0 heterocycles. The summed E-state index contributed by atoms with van der Waals surface area (Å²) >= 11 is 0. The van der Waals surface area contributed by atoms with Crippen LogP contribution in [-0.2, 0) is 4.74 Å². The van der Waals surface area contributed by atoms with Crippen molar-refractivity contribution < 1.29 is 23.0 Å². The summed E-state index contributed by atoms with van der Waals surface area (Å²) in [6.07, 6.45) is 0. The first kappa shape index (κ1) is 10.4. The molecule has 0 saturated carbocycles. The molecule has 0 radical (unpaired) electrons. The first-order valence-electron chi connectivity index (χ1n) is 3.71. The molecule has 0 atom stereocenters. The van der Waals surface area contributed by atoms with Crippen LogP contribution in [0.25, 0.3) is 0 Å². The minimum atomic E-state index is -1.15. The van der Waals surface area contributed by atoms with E-state index in [0.717, 1.165) is 19.2 Å². The SMILES string of the molecule is COC(=O)c1cc(F)c(F)c(OC)c1. The highest BCUT2D eigenvalue weighted by Gasteiger charge is 2.15. The van der Waals surface area contributed by atoms with E-state index in [0.29, 0.717) is 0 Å². The van der Waals surface area contributed by atoms with Gasteiger partial charge in [-0.05, 0) is 12.1 Å². The minimum Gasteiger partial charge on any atom is -0.494 e.